The van der Waals surface area contributed by atoms with Crippen LogP contribution in [-0.2, 0) is 0 Å². The van der Waals surface area contributed by atoms with E-state index in [0.717, 1.165) is 19.5 Å². The molecule has 0 spiro atoms. The van der Waals surface area contributed by atoms with E-state index in [1.54, 1.807) is 0 Å². The lowest BCUT2D eigenvalue weighted by molar-refractivity contribution is 0.184. The molecule has 0 aliphatic heterocycles. The molecule has 0 radical (unpaired) electrons. The van der Waals surface area contributed by atoms with E-state index in [1.165, 1.54) is 11.1 Å². The third kappa shape index (κ3) is 4.48. The Labute approximate surface area is 121 Å². The van der Waals surface area contributed by atoms with Crippen molar-refractivity contribution in [1.82, 2.24) is 5.32 Å². The van der Waals surface area contributed by atoms with Crippen LogP contribution in [-0.4, -0.2) is 24.3 Å². The van der Waals surface area contributed by atoms with Crippen molar-refractivity contribution < 1.29 is 5.11 Å². The van der Waals surface area contributed by atoms with Crippen molar-refractivity contribution in [2.24, 2.45) is 0 Å². The van der Waals surface area contributed by atoms with Gasteiger partial charge in [-0.05, 0) is 31.0 Å². The smallest absolute Gasteiger partial charge is 0.0524 e. The Hall–Kier alpha value is -1.64. The molecule has 1 atom stereocenters. The molecular weight excluding hydrogens is 246 g/mol. The third-order valence-corrected chi connectivity index (χ3v) is 3.49. The molecular formula is C18H23NO. The molecule has 2 N–H and O–H groups in total. The van der Waals surface area contributed by atoms with Crippen LogP contribution >= 0.6 is 0 Å². The van der Waals surface area contributed by atoms with Crippen molar-refractivity contribution in [3.63, 3.8) is 0 Å². The molecule has 0 saturated heterocycles. The van der Waals surface area contributed by atoms with E-state index in [-0.39, 0.29) is 6.10 Å². The van der Waals surface area contributed by atoms with Gasteiger partial charge in [0.15, 0.2) is 0 Å². The number of aliphatic hydroxyl groups is 1. The quantitative estimate of drug-likeness (QED) is 0.757. The average Bonchev–Trinajstić information content (AvgIpc) is 2.49. The highest BCUT2D eigenvalue weighted by Gasteiger charge is 2.13. The minimum Gasteiger partial charge on any atom is -0.393 e. The Kier molecular flexibility index (Phi) is 5.78. The molecule has 0 aliphatic rings. The summed E-state index contributed by atoms with van der Waals surface area (Å²) in [6, 6.07) is 21.1. The molecule has 0 heterocycles. The van der Waals surface area contributed by atoms with Crippen molar-refractivity contribution in [3.05, 3.63) is 71.8 Å². The van der Waals surface area contributed by atoms with Crippen LogP contribution < -0.4 is 5.32 Å². The SMILES string of the molecule is C[C@H](O)CCNCC(c1ccccc1)c1ccccc1. The maximum Gasteiger partial charge on any atom is 0.0524 e. The Morgan fingerprint density at radius 2 is 1.40 bits per heavy atom. The molecule has 2 aromatic rings. The average molecular weight is 269 g/mol. The Balaban J connectivity index is 2.06. The zero-order valence-corrected chi connectivity index (χ0v) is 12.0. The number of rotatable bonds is 7. The predicted molar refractivity (Wildman–Crippen MR) is 83.9 cm³/mol. The molecule has 0 aromatic heterocycles. The monoisotopic (exact) mass is 269 g/mol. The zero-order valence-electron chi connectivity index (χ0n) is 12.0. The van der Waals surface area contributed by atoms with Gasteiger partial charge in [-0.25, -0.2) is 0 Å². The number of hydrogen-bond donors (Lipinski definition) is 2. The Morgan fingerprint density at radius 1 is 0.900 bits per heavy atom. The lowest BCUT2D eigenvalue weighted by Gasteiger charge is -2.19. The van der Waals surface area contributed by atoms with Crippen molar-refractivity contribution in [3.8, 4) is 0 Å². The van der Waals surface area contributed by atoms with Gasteiger partial charge in [0.2, 0.25) is 0 Å². The zero-order chi connectivity index (χ0) is 14.2. The summed E-state index contributed by atoms with van der Waals surface area (Å²) in [5.74, 6) is 0.353. The van der Waals surface area contributed by atoms with Gasteiger partial charge in [-0.2, -0.15) is 0 Å². The van der Waals surface area contributed by atoms with E-state index < -0.39 is 0 Å². The summed E-state index contributed by atoms with van der Waals surface area (Å²) in [6.07, 6.45) is 0.547. The van der Waals surface area contributed by atoms with Crippen LogP contribution in [0.3, 0.4) is 0 Å². The van der Waals surface area contributed by atoms with Gasteiger partial charge in [0, 0.05) is 12.5 Å². The highest BCUT2D eigenvalue weighted by molar-refractivity contribution is 5.32. The molecule has 0 bridgehead atoms. The summed E-state index contributed by atoms with van der Waals surface area (Å²) < 4.78 is 0. The fraction of sp³-hybridized carbons (Fsp3) is 0.333. The Morgan fingerprint density at radius 3 is 1.85 bits per heavy atom. The molecule has 0 fully saturated rings. The standard InChI is InChI=1S/C18H23NO/c1-15(20)12-13-19-14-18(16-8-4-2-5-9-16)17-10-6-3-7-11-17/h2-11,15,18-20H,12-14H2,1H3/t15-/m0/s1. The molecule has 0 amide bonds. The second kappa shape index (κ2) is 7.83. The second-order valence-electron chi connectivity index (χ2n) is 5.22. The summed E-state index contributed by atoms with van der Waals surface area (Å²) in [6.45, 7) is 3.56. The van der Waals surface area contributed by atoms with Gasteiger partial charge in [0.25, 0.3) is 0 Å². The molecule has 2 aromatic carbocycles. The fourth-order valence-corrected chi connectivity index (χ4v) is 2.36. The molecule has 0 unspecified atom stereocenters. The highest BCUT2D eigenvalue weighted by Crippen LogP contribution is 2.23. The van der Waals surface area contributed by atoms with E-state index in [2.05, 4.69) is 53.8 Å². The lowest BCUT2D eigenvalue weighted by Crippen LogP contribution is -2.25. The van der Waals surface area contributed by atoms with Crippen molar-refractivity contribution in [2.45, 2.75) is 25.4 Å². The van der Waals surface area contributed by atoms with Crippen LogP contribution in [0.2, 0.25) is 0 Å². The van der Waals surface area contributed by atoms with Gasteiger partial charge in [0.1, 0.15) is 0 Å². The minimum atomic E-state index is -0.241. The molecule has 0 aliphatic carbocycles. The van der Waals surface area contributed by atoms with Crippen LogP contribution in [0, 0.1) is 0 Å². The molecule has 20 heavy (non-hydrogen) atoms. The van der Waals surface area contributed by atoms with Gasteiger partial charge in [-0.3, -0.25) is 0 Å². The summed E-state index contributed by atoms with van der Waals surface area (Å²) in [7, 11) is 0. The van der Waals surface area contributed by atoms with Gasteiger partial charge in [-0.1, -0.05) is 60.7 Å². The maximum absolute atomic E-state index is 9.31. The number of aliphatic hydroxyl groups excluding tert-OH is 1. The van der Waals surface area contributed by atoms with Crippen molar-refractivity contribution in [2.75, 3.05) is 13.1 Å². The summed E-state index contributed by atoms with van der Waals surface area (Å²) in [5.41, 5.74) is 2.64. The third-order valence-electron chi connectivity index (χ3n) is 3.49. The molecule has 0 saturated carbocycles. The van der Waals surface area contributed by atoms with Gasteiger partial charge >= 0.3 is 0 Å². The molecule has 106 valence electrons. The summed E-state index contributed by atoms with van der Waals surface area (Å²) >= 11 is 0. The van der Waals surface area contributed by atoms with E-state index in [0.29, 0.717) is 5.92 Å². The Bertz CT molecular complexity index is 442. The maximum atomic E-state index is 9.31. The number of nitrogens with one attached hydrogen (secondary N) is 1. The normalized spacial score (nSPS) is 12.6. The van der Waals surface area contributed by atoms with Crippen LogP contribution in [0.4, 0.5) is 0 Å². The minimum absolute atomic E-state index is 0.241. The topological polar surface area (TPSA) is 32.3 Å². The van der Waals surface area contributed by atoms with Crippen LogP contribution in [0.25, 0.3) is 0 Å². The first-order chi connectivity index (χ1) is 9.77. The van der Waals surface area contributed by atoms with E-state index in [4.69, 9.17) is 0 Å². The number of hydrogen-bond acceptors (Lipinski definition) is 2. The lowest BCUT2D eigenvalue weighted by atomic mass is 9.91. The van der Waals surface area contributed by atoms with Crippen LogP contribution in [0.15, 0.2) is 60.7 Å². The van der Waals surface area contributed by atoms with E-state index >= 15 is 0 Å². The first-order valence-electron chi connectivity index (χ1n) is 7.26. The molecule has 2 rings (SSSR count). The van der Waals surface area contributed by atoms with E-state index in [9.17, 15) is 5.11 Å². The van der Waals surface area contributed by atoms with Gasteiger partial charge in [-0.15, -0.1) is 0 Å². The van der Waals surface area contributed by atoms with Gasteiger partial charge in [0.05, 0.1) is 6.10 Å². The largest absolute Gasteiger partial charge is 0.393 e. The summed E-state index contributed by atoms with van der Waals surface area (Å²) in [5, 5.41) is 12.8. The van der Waals surface area contributed by atoms with E-state index in [1.807, 2.05) is 19.1 Å². The summed E-state index contributed by atoms with van der Waals surface area (Å²) in [4.78, 5) is 0. The van der Waals surface area contributed by atoms with Crippen molar-refractivity contribution in [1.29, 1.82) is 0 Å². The highest BCUT2D eigenvalue weighted by atomic mass is 16.3. The fourth-order valence-electron chi connectivity index (χ4n) is 2.36. The first-order valence-corrected chi connectivity index (χ1v) is 7.26. The van der Waals surface area contributed by atoms with Crippen molar-refractivity contribution >= 4 is 0 Å². The van der Waals surface area contributed by atoms with Crippen LogP contribution in [0.5, 0.6) is 0 Å². The molecule has 2 heteroatoms. The van der Waals surface area contributed by atoms with Gasteiger partial charge < -0.3 is 10.4 Å². The van der Waals surface area contributed by atoms with Crippen LogP contribution in [0.1, 0.15) is 30.4 Å². The molecule has 2 nitrogen and oxygen atoms in total. The predicted octanol–water partition coefficient (Wildman–Crippen LogP) is 3.18. The first kappa shape index (κ1) is 14.8. The second-order valence-corrected chi connectivity index (χ2v) is 5.22. The number of benzene rings is 2.